The van der Waals surface area contributed by atoms with Crippen LogP contribution >= 0.6 is 0 Å². The Kier molecular flexibility index (Phi) is 4.16. The van der Waals surface area contributed by atoms with Gasteiger partial charge in [0.25, 0.3) is 0 Å². The molecule has 1 saturated carbocycles. The second-order valence-corrected chi connectivity index (χ2v) is 6.69. The van der Waals surface area contributed by atoms with Gasteiger partial charge in [-0.05, 0) is 49.6 Å². The molecule has 1 amide bonds. The van der Waals surface area contributed by atoms with Gasteiger partial charge in [0.15, 0.2) is 5.65 Å². The summed E-state index contributed by atoms with van der Waals surface area (Å²) in [6.07, 6.45) is 4.17. The molecule has 1 aromatic carbocycles. The smallest absolute Gasteiger partial charge is 0.243 e. The molecule has 0 aliphatic heterocycles. The Morgan fingerprint density at radius 1 is 1.27 bits per heavy atom. The molecule has 2 heterocycles. The second kappa shape index (κ2) is 6.63. The molecule has 0 spiro atoms. The maximum Gasteiger partial charge on any atom is 0.243 e. The first-order valence-electron chi connectivity index (χ1n) is 8.71. The van der Waals surface area contributed by atoms with Gasteiger partial charge >= 0.3 is 0 Å². The van der Waals surface area contributed by atoms with Crippen molar-refractivity contribution in [2.45, 2.75) is 31.2 Å². The van der Waals surface area contributed by atoms with Gasteiger partial charge in [0.2, 0.25) is 5.91 Å². The monoisotopic (exact) mass is 348 g/mol. The molecule has 2 aromatic heterocycles. The highest BCUT2D eigenvalue weighted by Crippen LogP contribution is 2.36. The number of hydrogen-bond donors (Lipinski definition) is 3. The minimum Gasteiger partial charge on any atom is -0.507 e. The standard InChI is InChI=1S/C20H20N4O2/c1-2-19(26)21-14-8-7-12(9-14)16-10-13-11-17(23-24-20(13)22-16)15-5-3-4-6-18(15)25/h2-6,10-12,14,25H,1,7-9H2,(H,21,26)(H,22,24)/t12?,14-/m0/s1. The third kappa shape index (κ3) is 3.06. The normalized spacial score (nSPS) is 19.5. The Morgan fingerprint density at radius 2 is 2.12 bits per heavy atom. The van der Waals surface area contributed by atoms with E-state index in [1.165, 1.54) is 6.08 Å². The van der Waals surface area contributed by atoms with Crippen LogP contribution in [0.1, 0.15) is 30.9 Å². The lowest BCUT2D eigenvalue weighted by Gasteiger charge is -2.11. The van der Waals surface area contributed by atoms with Gasteiger partial charge in [-0.1, -0.05) is 18.7 Å². The van der Waals surface area contributed by atoms with E-state index in [0.717, 1.165) is 36.0 Å². The molecule has 1 unspecified atom stereocenters. The maximum atomic E-state index is 11.5. The van der Waals surface area contributed by atoms with Crippen LogP contribution in [0, 0.1) is 0 Å². The van der Waals surface area contributed by atoms with E-state index in [-0.39, 0.29) is 17.7 Å². The molecular weight excluding hydrogens is 328 g/mol. The zero-order chi connectivity index (χ0) is 18.1. The van der Waals surface area contributed by atoms with Crippen LogP contribution in [0.4, 0.5) is 0 Å². The van der Waals surface area contributed by atoms with Crippen LogP contribution in [-0.4, -0.2) is 32.2 Å². The van der Waals surface area contributed by atoms with Crippen LogP contribution in [0.15, 0.2) is 49.1 Å². The summed E-state index contributed by atoms with van der Waals surface area (Å²) in [5.41, 5.74) is 3.15. The van der Waals surface area contributed by atoms with Crippen molar-refractivity contribution in [1.29, 1.82) is 0 Å². The number of aromatic hydroxyl groups is 1. The van der Waals surface area contributed by atoms with E-state index >= 15 is 0 Å². The van der Waals surface area contributed by atoms with Crippen LogP contribution in [-0.2, 0) is 4.79 Å². The van der Waals surface area contributed by atoms with Crippen molar-refractivity contribution in [2.75, 3.05) is 0 Å². The molecule has 26 heavy (non-hydrogen) atoms. The van der Waals surface area contributed by atoms with Crippen LogP contribution in [0.25, 0.3) is 22.3 Å². The molecule has 1 aliphatic carbocycles. The van der Waals surface area contributed by atoms with Gasteiger partial charge in [-0.3, -0.25) is 4.79 Å². The lowest BCUT2D eigenvalue weighted by molar-refractivity contribution is -0.117. The van der Waals surface area contributed by atoms with Gasteiger partial charge in [-0.15, -0.1) is 10.2 Å². The molecule has 132 valence electrons. The highest BCUT2D eigenvalue weighted by molar-refractivity contribution is 5.87. The number of carbonyl (C=O) groups excluding carboxylic acids is 1. The van der Waals surface area contributed by atoms with E-state index in [2.05, 4.69) is 33.1 Å². The zero-order valence-electron chi connectivity index (χ0n) is 14.3. The Morgan fingerprint density at radius 3 is 2.92 bits per heavy atom. The number of para-hydroxylation sites is 1. The number of phenolic OH excluding ortho intramolecular Hbond substituents is 1. The van der Waals surface area contributed by atoms with Crippen molar-refractivity contribution in [3.05, 3.63) is 54.7 Å². The summed E-state index contributed by atoms with van der Waals surface area (Å²) in [7, 11) is 0. The fraction of sp³-hybridized carbons (Fsp3) is 0.250. The van der Waals surface area contributed by atoms with E-state index in [1.54, 1.807) is 12.1 Å². The third-order valence-electron chi connectivity index (χ3n) is 4.98. The Labute approximate surface area is 151 Å². The summed E-state index contributed by atoms with van der Waals surface area (Å²) in [5, 5.41) is 22.5. The van der Waals surface area contributed by atoms with Crippen molar-refractivity contribution in [1.82, 2.24) is 20.5 Å². The number of aromatic amines is 1. The number of hydrogen-bond acceptors (Lipinski definition) is 4. The second-order valence-electron chi connectivity index (χ2n) is 6.69. The first kappa shape index (κ1) is 16.3. The van der Waals surface area contributed by atoms with Gasteiger partial charge in [-0.25, -0.2) is 0 Å². The third-order valence-corrected chi connectivity index (χ3v) is 4.98. The maximum absolute atomic E-state index is 11.5. The predicted octanol–water partition coefficient (Wildman–Crippen LogP) is 3.27. The number of nitrogens with zero attached hydrogens (tertiary/aromatic N) is 2. The molecule has 3 N–H and O–H groups in total. The number of rotatable bonds is 4. The zero-order valence-corrected chi connectivity index (χ0v) is 14.3. The first-order valence-corrected chi connectivity index (χ1v) is 8.71. The highest BCUT2D eigenvalue weighted by atomic mass is 16.3. The van der Waals surface area contributed by atoms with E-state index in [0.29, 0.717) is 17.2 Å². The molecule has 3 aromatic rings. The average Bonchev–Trinajstić information content (AvgIpc) is 3.27. The van der Waals surface area contributed by atoms with Crippen molar-refractivity contribution in [3.8, 4) is 17.0 Å². The summed E-state index contributed by atoms with van der Waals surface area (Å²) < 4.78 is 0. The van der Waals surface area contributed by atoms with Gasteiger partial charge in [0.05, 0.1) is 5.69 Å². The SMILES string of the molecule is C=CC(=O)N[C@H]1CCC(c2cc3cc(-c4ccccc4O)nnc3[nH]2)C1. The molecule has 1 fully saturated rings. The summed E-state index contributed by atoms with van der Waals surface area (Å²) in [5.74, 6) is 0.423. The van der Waals surface area contributed by atoms with Crippen molar-refractivity contribution in [2.24, 2.45) is 0 Å². The quantitative estimate of drug-likeness (QED) is 0.631. The molecule has 0 radical (unpaired) electrons. The largest absolute Gasteiger partial charge is 0.507 e. The predicted molar refractivity (Wildman–Crippen MR) is 99.7 cm³/mol. The number of phenols is 1. The fourth-order valence-corrected chi connectivity index (χ4v) is 3.65. The number of fused-ring (bicyclic) bond motifs is 1. The summed E-state index contributed by atoms with van der Waals surface area (Å²) in [6.45, 7) is 3.50. The molecule has 4 rings (SSSR count). The topological polar surface area (TPSA) is 90.9 Å². The van der Waals surface area contributed by atoms with Crippen molar-refractivity contribution < 1.29 is 9.90 Å². The van der Waals surface area contributed by atoms with Crippen LogP contribution in [0.2, 0.25) is 0 Å². The highest BCUT2D eigenvalue weighted by Gasteiger charge is 2.27. The molecule has 6 nitrogen and oxygen atoms in total. The molecule has 0 saturated heterocycles. The average molecular weight is 348 g/mol. The van der Waals surface area contributed by atoms with Gasteiger partial charge in [0, 0.05) is 28.6 Å². The number of amides is 1. The Balaban J connectivity index is 1.58. The van der Waals surface area contributed by atoms with Crippen molar-refractivity contribution >= 4 is 16.9 Å². The number of carbonyl (C=O) groups is 1. The van der Waals surface area contributed by atoms with E-state index in [9.17, 15) is 9.90 Å². The lowest BCUT2D eigenvalue weighted by atomic mass is 10.0. The molecular formula is C20H20N4O2. The summed E-state index contributed by atoms with van der Waals surface area (Å²) in [4.78, 5) is 14.8. The fourth-order valence-electron chi connectivity index (χ4n) is 3.65. The number of benzene rings is 1. The van der Waals surface area contributed by atoms with Crippen LogP contribution in [0.5, 0.6) is 5.75 Å². The van der Waals surface area contributed by atoms with Crippen molar-refractivity contribution in [3.63, 3.8) is 0 Å². The number of H-pyrrole nitrogens is 1. The van der Waals surface area contributed by atoms with Gasteiger partial charge < -0.3 is 15.4 Å². The molecule has 6 heteroatoms. The minimum atomic E-state index is -0.120. The Bertz CT molecular complexity index is 979. The first-order chi connectivity index (χ1) is 12.6. The summed E-state index contributed by atoms with van der Waals surface area (Å²) >= 11 is 0. The molecule has 1 aliphatic rings. The molecule has 0 bridgehead atoms. The minimum absolute atomic E-state index is 0.120. The number of nitrogens with one attached hydrogen (secondary N) is 2. The van der Waals surface area contributed by atoms with Crippen LogP contribution < -0.4 is 5.32 Å². The van der Waals surface area contributed by atoms with E-state index in [4.69, 9.17) is 0 Å². The van der Waals surface area contributed by atoms with Gasteiger partial charge in [-0.2, -0.15) is 0 Å². The van der Waals surface area contributed by atoms with Crippen LogP contribution in [0.3, 0.4) is 0 Å². The number of aromatic nitrogens is 3. The van der Waals surface area contributed by atoms with E-state index < -0.39 is 0 Å². The summed E-state index contributed by atoms with van der Waals surface area (Å²) in [6, 6.07) is 11.3. The molecule has 2 atom stereocenters. The lowest BCUT2D eigenvalue weighted by Crippen LogP contribution is -2.31. The van der Waals surface area contributed by atoms with E-state index in [1.807, 2.05) is 18.2 Å². The Hall–Kier alpha value is -3.15. The van der Waals surface area contributed by atoms with Gasteiger partial charge in [0.1, 0.15) is 5.75 Å².